The minimum atomic E-state index is 0. The van der Waals surface area contributed by atoms with Crippen LogP contribution in [-0.4, -0.2) is 31.3 Å². The number of hydrogen-bond acceptors (Lipinski definition) is 3. The maximum absolute atomic E-state index is 9.76. The molecule has 1 aromatic carbocycles. The summed E-state index contributed by atoms with van der Waals surface area (Å²) >= 11 is 0. The Morgan fingerprint density at radius 3 is 2.59 bits per heavy atom. The zero-order valence-corrected chi connectivity index (χ0v) is 16.0. The van der Waals surface area contributed by atoms with Crippen LogP contribution in [0.15, 0.2) is 23.2 Å². The first kappa shape index (κ1) is 20.8. The molecule has 0 spiro atoms. The van der Waals surface area contributed by atoms with Crippen molar-refractivity contribution >= 4 is 29.9 Å². The summed E-state index contributed by atoms with van der Waals surface area (Å²) in [4.78, 5) is 4.52. The van der Waals surface area contributed by atoms with Crippen LogP contribution in [0.4, 0.5) is 0 Å². The van der Waals surface area contributed by atoms with Gasteiger partial charge in [-0.2, -0.15) is 0 Å². The summed E-state index contributed by atoms with van der Waals surface area (Å²) in [5.74, 6) is 1.43. The molecule has 0 aliphatic heterocycles. The summed E-state index contributed by atoms with van der Waals surface area (Å²) in [6, 6.07) is 5.34. The van der Waals surface area contributed by atoms with E-state index < -0.39 is 0 Å². The Hall–Kier alpha value is -1.18. The van der Waals surface area contributed by atoms with Crippen molar-refractivity contribution in [3.8, 4) is 11.5 Å². The van der Waals surface area contributed by atoms with Crippen molar-refractivity contribution in [1.29, 1.82) is 0 Å². The molecule has 0 amide bonds. The van der Waals surface area contributed by atoms with Crippen LogP contribution >= 0.6 is 24.0 Å². The molecule has 0 radical (unpaired) electrons. The quantitative estimate of drug-likeness (QED) is 0.261. The maximum Gasteiger partial charge on any atom is 0.191 e. The minimum Gasteiger partial charge on any atom is -0.504 e. The number of unbranched alkanes of at least 4 members (excludes halogenated alkanes) is 2. The van der Waals surface area contributed by atoms with Gasteiger partial charge in [-0.1, -0.05) is 25.8 Å². The van der Waals surface area contributed by atoms with E-state index in [-0.39, 0.29) is 29.7 Å². The van der Waals surface area contributed by atoms with E-state index in [1.807, 2.05) is 13.0 Å². The van der Waals surface area contributed by atoms with Crippen molar-refractivity contribution < 1.29 is 9.84 Å². The number of nitrogens with zero attached hydrogens (tertiary/aromatic N) is 1. The highest BCUT2D eigenvalue weighted by Gasteiger charge is 2.02. The second-order valence-corrected chi connectivity index (χ2v) is 4.84. The van der Waals surface area contributed by atoms with Gasteiger partial charge in [0.05, 0.1) is 13.7 Å². The third kappa shape index (κ3) is 7.72. The number of hydrogen-bond donors (Lipinski definition) is 3. The first-order chi connectivity index (χ1) is 10.2. The summed E-state index contributed by atoms with van der Waals surface area (Å²) < 4.78 is 5.03. The molecule has 6 heteroatoms. The Labute approximate surface area is 150 Å². The lowest BCUT2D eigenvalue weighted by Gasteiger charge is -2.11. The number of phenolic OH excluding ortho intramolecular Hbond substituents is 1. The molecular weight excluding hydrogens is 393 g/mol. The van der Waals surface area contributed by atoms with Crippen LogP contribution in [0.3, 0.4) is 0 Å². The van der Waals surface area contributed by atoms with Crippen LogP contribution < -0.4 is 15.4 Å². The van der Waals surface area contributed by atoms with E-state index in [2.05, 4.69) is 22.5 Å². The molecule has 0 aliphatic rings. The number of aliphatic imine (C=N–C) groups is 1. The van der Waals surface area contributed by atoms with E-state index in [0.29, 0.717) is 12.3 Å². The van der Waals surface area contributed by atoms with E-state index in [1.165, 1.54) is 20.0 Å². The number of benzene rings is 1. The molecule has 0 bridgehead atoms. The van der Waals surface area contributed by atoms with Crippen molar-refractivity contribution in [2.75, 3.05) is 20.2 Å². The van der Waals surface area contributed by atoms with Gasteiger partial charge in [0.2, 0.25) is 0 Å². The Morgan fingerprint density at radius 2 is 2.00 bits per heavy atom. The molecule has 0 aliphatic carbocycles. The van der Waals surface area contributed by atoms with Gasteiger partial charge in [0.1, 0.15) is 0 Å². The Balaban J connectivity index is 0.00000441. The molecular formula is C16H28IN3O2. The fourth-order valence-corrected chi connectivity index (χ4v) is 1.93. The topological polar surface area (TPSA) is 65.9 Å². The van der Waals surface area contributed by atoms with Gasteiger partial charge in [-0.05, 0) is 31.0 Å². The molecule has 1 rings (SSSR count). The van der Waals surface area contributed by atoms with E-state index in [4.69, 9.17) is 4.74 Å². The Bertz CT molecular complexity index is 453. The number of methoxy groups -OCH3 is 1. The van der Waals surface area contributed by atoms with E-state index in [0.717, 1.165) is 31.0 Å². The van der Waals surface area contributed by atoms with Crippen molar-refractivity contribution in [2.45, 2.75) is 39.7 Å². The van der Waals surface area contributed by atoms with Crippen LogP contribution in [0.2, 0.25) is 0 Å². The molecule has 126 valence electrons. The number of rotatable bonds is 8. The van der Waals surface area contributed by atoms with Gasteiger partial charge in [-0.25, -0.2) is 4.99 Å². The van der Waals surface area contributed by atoms with Gasteiger partial charge in [0.15, 0.2) is 17.5 Å². The third-order valence-corrected chi connectivity index (χ3v) is 3.08. The van der Waals surface area contributed by atoms with E-state index in [9.17, 15) is 5.11 Å². The van der Waals surface area contributed by atoms with Crippen molar-refractivity contribution in [3.63, 3.8) is 0 Å². The summed E-state index contributed by atoms with van der Waals surface area (Å²) in [6.07, 6.45) is 3.57. The van der Waals surface area contributed by atoms with Crippen molar-refractivity contribution in [1.82, 2.24) is 10.6 Å². The average Bonchev–Trinajstić information content (AvgIpc) is 2.49. The third-order valence-electron chi connectivity index (χ3n) is 3.08. The monoisotopic (exact) mass is 421 g/mol. The normalized spacial score (nSPS) is 10.8. The lowest BCUT2D eigenvalue weighted by molar-refractivity contribution is 0.373. The van der Waals surface area contributed by atoms with Crippen molar-refractivity contribution in [2.24, 2.45) is 4.99 Å². The summed E-state index contributed by atoms with van der Waals surface area (Å²) in [7, 11) is 1.54. The number of guanidine groups is 1. The van der Waals surface area contributed by atoms with Gasteiger partial charge >= 0.3 is 0 Å². The summed E-state index contributed by atoms with van der Waals surface area (Å²) in [5, 5.41) is 16.3. The fourth-order valence-electron chi connectivity index (χ4n) is 1.93. The zero-order valence-electron chi connectivity index (χ0n) is 13.7. The molecule has 1 aromatic rings. The van der Waals surface area contributed by atoms with Gasteiger partial charge in [0, 0.05) is 13.1 Å². The Kier molecular flexibility index (Phi) is 11.7. The van der Waals surface area contributed by atoms with Crippen molar-refractivity contribution in [3.05, 3.63) is 23.8 Å². The minimum absolute atomic E-state index is 0. The molecule has 0 aromatic heterocycles. The number of halogens is 1. The van der Waals surface area contributed by atoms with Crippen LogP contribution in [0, 0.1) is 0 Å². The van der Waals surface area contributed by atoms with Gasteiger partial charge in [-0.15, -0.1) is 24.0 Å². The first-order valence-electron chi connectivity index (χ1n) is 7.59. The Morgan fingerprint density at radius 1 is 1.23 bits per heavy atom. The molecule has 0 saturated carbocycles. The summed E-state index contributed by atoms with van der Waals surface area (Å²) in [6.45, 7) is 6.50. The number of nitrogens with one attached hydrogen (secondary N) is 2. The highest BCUT2D eigenvalue weighted by atomic mass is 127. The maximum atomic E-state index is 9.76. The number of aromatic hydroxyl groups is 1. The second kappa shape index (κ2) is 12.4. The predicted octanol–water partition coefficient (Wildman–Crippen LogP) is 3.26. The highest BCUT2D eigenvalue weighted by Crippen LogP contribution is 2.26. The molecule has 3 N–H and O–H groups in total. The van der Waals surface area contributed by atoms with Gasteiger partial charge < -0.3 is 20.5 Å². The number of ether oxygens (including phenoxy) is 1. The molecule has 0 heterocycles. The lowest BCUT2D eigenvalue weighted by atomic mass is 10.2. The molecule has 0 saturated heterocycles. The van der Waals surface area contributed by atoms with Crippen LogP contribution in [0.25, 0.3) is 0 Å². The smallest absolute Gasteiger partial charge is 0.191 e. The molecule has 0 fully saturated rings. The average molecular weight is 421 g/mol. The fraction of sp³-hybridized carbons (Fsp3) is 0.562. The van der Waals surface area contributed by atoms with E-state index in [1.54, 1.807) is 12.1 Å². The zero-order chi connectivity index (χ0) is 15.5. The molecule has 5 nitrogen and oxygen atoms in total. The molecule has 0 atom stereocenters. The first-order valence-corrected chi connectivity index (χ1v) is 7.59. The second-order valence-electron chi connectivity index (χ2n) is 4.84. The predicted molar refractivity (Wildman–Crippen MR) is 102 cm³/mol. The molecule has 0 unspecified atom stereocenters. The van der Waals surface area contributed by atoms with E-state index >= 15 is 0 Å². The number of phenols is 1. The van der Waals surface area contributed by atoms with Crippen LogP contribution in [0.5, 0.6) is 11.5 Å². The van der Waals surface area contributed by atoms with Crippen LogP contribution in [0.1, 0.15) is 38.7 Å². The highest BCUT2D eigenvalue weighted by molar-refractivity contribution is 14.0. The lowest BCUT2D eigenvalue weighted by Crippen LogP contribution is -2.37. The van der Waals surface area contributed by atoms with Gasteiger partial charge in [-0.3, -0.25) is 0 Å². The molecule has 22 heavy (non-hydrogen) atoms. The summed E-state index contributed by atoms with van der Waals surface area (Å²) in [5.41, 5.74) is 0.944. The van der Waals surface area contributed by atoms with Crippen LogP contribution in [-0.2, 0) is 6.54 Å². The SMILES string of the molecule is CCCCCNC(=NCc1ccc(OC)c(O)c1)NCC.I. The van der Waals surface area contributed by atoms with Gasteiger partial charge in [0.25, 0.3) is 0 Å². The largest absolute Gasteiger partial charge is 0.504 e. The standard InChI is InChI=1S/C16H27N3O2.HI/c1-4-6-7-10-18-16(17-5-2)19-12-13-8-9-15(21-3)14(20)11-13;/h8-9,11,20H,4-7,10,12H2,1-3H3,(H2,17,18,19);1H.